The highest BCUT2D eigenvalue weighted by atomic mass is 32.1. The highest BCUT2D eigenvalue weighted by Gasteiger charge is 2.44. The fourth-order valence-electron chi connectivity index (χ4n) is 9.07. The molecule has 0 fully saturated rings. The molecule has 8 aromatic rings. The first-order chi connectivity index (χ1) is 27.0. The minimum atomic E-state index is -0.376. The molecule has 10 rings (SSSR count). The summed E-state index contributed by atoms with van der Waals surface area (Å²) in [6.45, 7) is 14.8. The summed E-state index contributed by atoms with van der Waals surface area (Å²) in [5.41, 5.74) is 8.82. The number of hydrogen-bond donors (Lipinski definition) is 0. The van der Waals surface area contributed by atoms with Crippen LogP contribution in [0.5, 0.6) is 0 Å². The summed E-state index contributed by atoms with van der Waals surface area (Å²) in [5, 5.41) is 3.16. The van der Waals surface area contributed by atoms with Crippen LogP contribution in [-0.2, 0) is 17.3 Å². The van der Waals surface area contributed by atoms with Crippen molar-refractivity contribution < 1.29 is 8.83 Å². The molecule has 0 radical (unpaired) electrons. The maximum absolute atomic E-state index is 13.7. The summed E-state index contributed by atoms with van der Waals surface area (Å²) >= 11 is 3.04. The molecule has 0 saturated carbocycles. The van der Waals surface area contributed by atoms with Gasteiger partial charge in [-0.15, -0.1) is 22.7 Å². The largest absolute Gasteiger partial charge is 0.422 e. The first kappa shape index (κ1) is 35.1. The Labute approximate surface area is 332 Å². The van der Waals surface area contributed by atoms with Crippen molar-refractivity contribution in [1.29, 1.82) is 0 Å². The van der Waals surface area contributed by atoms with Gasteiger partial charge in [0.05, 0.1) is 31.6 Å². The molecule has 6 heterocycles. The third kappa shape index (κ3) is 5.59. The van der Waals surface area contributed by atoms with Crippen molar-refractivity contribution in [2.75, 3.05) is 36.0 Å². The highest BCUT2D eigenvalue weighted by Crippen LogP contribution is 2.53. The Morgan fingerprint density at radius 1 is 0.750 bits per heavy atom. The van der Waals surface area contributed by atoms with Gasteiger partial charge in [0.2, 0.25) is 0 Å². The predicted molar refractivity (Wildman–Crippen MR) is 231 cm³/mol. The van der Waals surface area contributed by atoms with Crippen molar-refractivity contribution in [1.82, 2.24) is 9.97 Å². The third-order valence-corrected chi connectivity index (χ3v) is 14.4. The number of nitrogens with zero attached hydrogens (tertiary/aromatic N) is 4. The van der Waals surface area contributed by atoms with Gasteiger partial charge in [0.25, 0.3) is 0 Å². The first-order valence-electron chi connectivity index (χ1n) is 19.5. The summed E-state index contributed by atoms with van der Waals surface area (Å²) in [6.07, 6.45) is 2.78. The van der Waals surface area contributed by atoms with E-state index >= 15 is 0 Å². The standard InChI is InChI=1S/C46H42N4O4S2/c1-6-49(7-2)29-14-13-27-21-30(43(51)53-35(27)24-29)42-48-34-20-26(12-15-37(34)56-42)25-46(5)17-19-50-18-16-45(3,4)38-39(50)32(46)23-28-22-31(44(52)54-40(28)38)41-47-33-10-8-9-11-36(33)55-41/h8-15,20-24H,6-7,16-19,25H2,1-5H3. The van der Waals surface area contributed by atoms with Crippen molar-refractivity contribution >= 4 is 76.4 Å². The van der Waals surface area contributed by atoms with Gasteiger partial charge in [-0.1, -0.05) is 39.0 Å². The smallest absolute Gasteiger partial charge is 0.346 e. The third-order valence-electron chi connectivity index (χ3n) is 12.2. The van der Waals surface area contributed by atoms with E-state index < -0.39 is 0 Å². The van der Waals surface area contributed by atoms with Crippen LogP contribution in [0.25, 0.3) is 63.5 Å². The maximum atomic E-state index is 13.7. The van der Waals surface area contributed by atoms with Crippen LogP contribution < -0.4 is 21.1 Å². The van der Waals surface area contributed by atoms with Gasteiger partial charge in [-0.25, -0.2) is 19.6 Å². The predicted octanol–water partition coefficient (Wildman–Crippen LogP) is 10.7. The molecule has 0 bridgehead atoms. The Morgan fingerprint density at radius 2 is 1.45 bits per heavy atom. The molecule has 56 heavy (non-hydrogen) atoms. The fourth-order valence-corrected chi connectivity index (χ4v) is 11.0. The molecule has 0 saturated heterocycles. The van der Waals surface area contributed by atoms with Crippen LogP contribution in [0, 0.1) is 0 Å². The van der Waals surface area contributed by atoms with Gasteiger partial charge in [-0.05, 0) is 104 Å². The molecule has 0 spiro atoms. The van der Waals surface area contributed by atoms with E-state index in [9.17, 15) is 9.59 Å². The minimum absolute atomic E-state index is 0.176. The van der Waals surface area contributed by atoms with Crippen molar-refractivity contribution in [3.8, 4) is 21.1 Å². The van der Waals surface area contributed by atoms with E-state index in [0.717, 1.165) is 87.9 Å². The van der Waals surface area contributed by atoms with E-state index in [1.807, 2.05) is 48.5 Å². The lowest BCUT2D eigenvalue weighted by atomic mass is 9.66. The lowest BCUT2D eigenvalue weighted by molar-refractivity contribution is 0.378. The van der Waals surface area contributed by atoms with Crippen LogP contribution in [0.4, 0.5) is 11.4 Å². The summed E-state index contributed by atoms with van der Waals surface area (Å²) in [4.78, 5) is 41.6. The van der Waals surface area contributed by atoms with Crippen molar-refractivity contribution in [3.63, 3.8) is 0 Å². The first-order valence-corrected chi connectivity index (χ1v) is 21.1. The molecule has 8 nitrogen and oxygen atoms in total. The van der Waals surface area contributed by atoms with Crippen molar-refractivity contribution in [3.05, 3.63) is 116 Å². The molecular weight excluding hydrogens is 737 g/mol. The van der Waals surface area contributed by atoms with E-state index in [4.69, 9.17) is 18.8 Å². The topological polar surface area (TPSA) is 92.7 Å². The molecule has 4 aromatic carbocycles. The number of anilines is 2. The SMILES string of the molecule is CCN(CC)c1ccc2cc(-c3nc4cc(CC5(C)CCN6CCC(C)(C)c7c6c5cc5cc(-c6nc8ccccc8s6)c(=O)oc75)ccc4s3)c(=O)oc2c1. The van der Waals surface area contributed by atoms with E-state index in [0.29, 0.717) is 32.3 Å². The van der Waals surface area contributed by atoms with Gasteiger partial charge in [0.15, 0.2) is 0 Å². The minimum Gasteiger partial charge on any atom is -0.422 e. The van der Waals surface area contributed by atoms with Crippen LogP contribution in [-0.4, -0.2) is 36.1 Å². The summed E-state index contributed by atoms with van der Waals surface area (Å²) in [5.74, 6) is 0. The molecule has 2 aliphatic rings. The lowest BCUT2D eigenvalue weighted by Gasteiger charge is -2.49. The number of aromatic nitrogens is 2. The normalized spacial score (nSPS) is 17.6. The summed E-state index contributed by atoms with van der Waals surface area (Å²) in [6, 6.07) is 26.8. The van der Waals surface area contributed by atoms with E-state index in [-0.39, 0.29) is 22.1 Å². The average molecular weight is 779 g/mol. The van der Waals surface area contributed by atoms with Gasteiger partial charge >= 0.3 is 11.3 Å². The van der Waals surface area contributed by atoms with E-state index in [1.54, 1.807) is 0 Å². The Kier molecular flexibility index (Phi) is 8.06. The molecule has 0 N–H and O–H groups in total. The van der Waals surface area contributed by atoms with Gasteiger partial charge in [-0.3, -0.25) is 0 Å². The molecule has 4 aromatic heterocycles. The summed E-state index contributed by atoms with van der Waals surface area (Å²) < 4.78 is 14.3. The number of thiazole rings is 2. The lowest BCUT2D eigenvalue weighted by Crippen LogP contribution is -2.46. The van der Waals surface area contributed by atoms with E-state index in [1.165, 1.54) is 39.5 Å². The number of rotatable bonds is 7. The molecular formula is C46H42N4O4S2. The van der Waals surface area contributed by atoms with Gasteiger partial charge in [0.1, 0.15) is 21.2 Å². The second-order valence-electron chi connectivity index (χ2n) is 16.3. The Hall–Kier alpha value is -5.32. The Bertz CT molecular complexity index is 2970. The Balaban J connectivity index is 1.04. The molecule has 2 aliphatic heterocycles. The summed E-state index contributed by atoms with van der Waals surface area (Å²) in [7, 11) is 0. The second-order valence-corrected chi connectivity index (χ2v) is 18.3. The van der Waals surface area contributed by atoms with Crippen LogP contribution in [0.15, 0.2) is 97.3 Å². The molecule has 1 unspecified atom stereocenters. The zero-order chi connectivity index (χ0) is 38.5. The maximum Gasteiger partial charge on any atom is 0.346 e. The van der Waals surface area contributed by atoms with E-state index in [2.05, 4.69) is 74.8 Å². The molecule has 10 heteroatoms. The average Bonchev–Trinajstić information content (AvgIpc) is 3.81. The van der Waals surface area contributed by atoms with Gasteiger partial charge in [-0.2, -0.15) is 0 Å². The molecule has 0 aliphatic carbocycles. The number of fused-ring (bicyclic) bond motifs is 5. The van der Waals surface area contributed by atoms with Crippen LogP contribution in [0.3, 0.4) is 0 Å². The van der Waals surface area contributed by atoms with Crippen LogP contribution in [0.2, 0.25) is 0 Å². The fraction of sp³-hybridized carbons (Fsp3) is 0.304. The van der Waals surface area contributed by atoms with Crippen molar-refractivity contribution in [2.24, 2.45) is 0 Å². The number of para-hydroxylation sites is 1. The number of benzene rings is 4. The molecule has 1 atom stereocenters. The molecule has 282 valence electrons. The molecule has 0 amide bonds. The zero-order valence-corrected chi connectivity index (χ0v) is 33.8. The second kappa shape index (κ2) is 12.9. The van der Waals surface area contributed by atoms with Crippen LogP contribution >= 0.6 is 22.7 Å². The highest BCUT2D eigenvalue weighted by molar-refractivity contribution is 7.22. The van der Waals surface area contributed by atoms with Crippen molar-refractivity contribution in [2.45, 2.75) is 64.7 Å². The quantitative estimate of drug-likeness (QED) is 0.148. The van der Waals surface area contributed by atoms with Gasteiger partial charge in [0, 0.05) is 65.4 Å². The monoisotopic (exact) mass is 778 g/mol. The Morgan fingerprint density at radius 3 is 2.21 bits per heavy atom. The van der Waals surface area contributed by atoms with Crippen LogP contribution in [0.1, 0.15) is 64.2 Å². The number of hydrogen-bond acceptors (Lipinski definition) is 10. The zero-order valence-electron chi connectivity index (χ0n) is 32.2. The van der Waals surface area contributed by atoms with Gasteiger partial charge < -0.3 is 18.6 Å².